The van der Waals surface area contributed by atoms with Crippen LogP contribution in [-0.4, -0.2) is 52.9 Å². The van der Waals surface area contributed by atoms with E-state index in [0.717, 1.165) is 18.8 Å². The van der Waals surface area contributed by atoms with Crippen molar-refractivity contribution < 1.29 is 14.5 Å². The highest BCUT2D eigenvalue weighted by Gasteiger charge is 2.22. The fraction of sp³-hybridized carbons (Fsp3) is 0.160. The molecule has 0 unspecified atom stereocenters. The molecule has 0 aromatic heterocycles. The molecule has 2 amide bonds. The first-order valence-corrected chi connectivity index (χ1v) is 11.4. The van der Waals surface area contributed by atoms with Crippen molar-refractivity contribution in [1.82, 2.24) is 10.2 Å². The van der Waals surface area contributed by atoms with Gasteiger partial charge >= 0.3 is 0 Å². The maximum Gasteiger partial charge on any atom is 0.270 e. The number of carbonyl (C=O) groups is 2. The number of benzene rings is 3. The highest BCUT2D eigenvalue weighted by Crippen LogP contribution is 2.20. The topological polar surface area (TPSA) is 108 Å². The predicted molar refractivity (Wildman–Crippen MR) is 138 cm³/mol. The monoisotopic (exact) mass is 489 g/mol. The lowest BCUT2D eigenvalue weighted by atomic mass is 10.1. The largest absolute Gasteiger partial charge is 0.368 e. The van der Waals surface area contributed by atoms with Crippen LogP contribution in [-0.2, 0) is 0 Å². The van der Waals surface area contributed by atoms with Crippen molar-refractivity contribution >= 4 is 46.2 Å². The van der Waals surface area contributed by atoms with E-state index in [9.17, 15) is 19.7 Å². The molecule has 0 spiro atoms. The van der Waals surface area contributed by atoms with Crippen LogP contribution in [0.15, 0.2) is 78.9 Å². The van der Waals surface area contributed by atoms with E-state index >= 15 is 0 Å². The predicted octanol–water partition coefficient (Wildman–Crippen LogP) is 3.68. The Bertz CT molecular complexity index is 1240. The van der Waals surface area contributed by atoms with Crippen molar-refractivity contribution in [2.75, 3.05) is 36.4 Å². The molecule has 0 saturated carbocycles. The number of amides is 2. The summed E-state index contributed by atoms with van der Waals surface area (Å²) in [5.74, 6) is -0.490. The van der Waals surface area contributed by atoms with E-state index in [2.05, 4.69) is 15.5 Å². The third-order valence-corrected chi connectivity index (χ3v) is 5.83. The third-order valence-electron chi connectivity index (χ3n) is 5.62. The van der Waals surface area contributed by atoms with Crippen molar-refractivity contribution in [2.24, 2.45) is 0 Å². The van der Waals surface area contributed by atoms with Gasteiger partial charge in [0.05, 0.1) is 4.92 Å². The second-order valence-corrected chi connectivity index (χ2v) is 8.32. The van der Waals surface area contributed by atoms with Gasteiger partial charge in [-0.3, -0.25) is 25.0 Å². The zero-order chi connectivity index (χ0) is 24.8. The first-order valence-electron chi connectivity index (χ1n) is 11.0. The van der Waals surface area contributed by atoms with Crippen LogP contribution in [0.2, 0.25) is 0 Å². The molecule has 3 aromatic rings. The Morgan fingerprint density at radius 1 is 0.857 bits per heavy atom. The summed E-state index contributed by atoms with van der Waals surface area (Å²) in [6.07, 6.45) is 0. The van der Waals surface area contributed by atoms with E-state index in [-0.39, 0.29) is 22.3 Å². The van der Waals surface area contributed by atoms with Gasteiger partial charge in [0.2, 0.25) is 0 Å². The molecule has 0 radical (unpaired) electrons. The lowest BCUT2D eigenvalue weighted by Gasteiger charge is -2.36. The molecule has 4 rings (SSSR count). The van der Waals surface area contributed by atoms with Gasteiger partial charge in [0.15, 0.2) is 5.11 Å². The fourth-order valence-corrected chi connectivity index (χ4v) is 4.00. The first-order chi connectivity index (χ1) is 16.9. The Hall–Kier alpha value is -4.31. The second-order valence-electron chi connectivity index (χ2n) is 7.91. The van der Waals surface area contributed by atoms with Crippen LogP contribution in [0.4, 0.5) is 17.1 Å². The summed E-state index contributed by atoms with van der Waals surface area (Å²) >= 11 is 5.21. The van der Waals surface area contributed by atoms with Crippen LogP contribution >= 0.6 is 12.2 Å². The molecule has 3 aromatic carbocycles. The standard InChI is InChI=1S/C25H23N5O4S/c31-23(19-7-4-8-22(17-19)30(33)34)27-25(35)26-20-9-11-21(12-10-20)28-13-15-29(16-14-28)24(32)18-5-2-1-3-6-18/h1-12,17H,13-16H2,(H2,26,27,31,35). The molecule has 178 valence electrons. The maximum absolute atomic E-state index is 12.6. The SMILES string of the molecule is O=C(NC(=S)Nc1ccc(N2CCN(C(=O)c3ccccc3)CC2)cc1)c1cccc([N+](=O)[O-])c1. The van der Waals surface area contributed by atoms with Gasteiger partial charge in [0.25, 0.3) is 17.5 Å². The van der Waals surface area contributed by atoms with Gasteiger partial charge in [-0.2, -0.15) is 0 Å². The summed E-state index contributed by atoms with van der Waals surface area (Å²) < 4.78 is 0. The normalized spacial score (nSPS) is 13.1. The molecule has 1 aliphatic rings. The van der Waals surface area contributed by atoms with Crippen molar-refractivity contribution in [1.29, 1.82) is 0 Å². The number of piperazine rings is 1. The summed E-state index contributed by atoms with van der Waals surface area (Å²) in [5.41, 5.74) is 2.38. The van der Waals surface area contributed by atoms with Gasteiger partial charge in [-0.05, 0) is 54.7 Å². The number of non-ortho nitro benzene ring substituents is 1. The van der Waals surface area contributed by atoms with E-state index in [4.69, 9.17) is 12.2 Å². The van der Waals surface area contributed by atoms with Crippen LogP contribution in [0, 0.1) is 10.1 Å². The summed E-state index contributed by atoms with van der Waals surface area (Å²) in [7, 11) is 0. The van der Waals surface area contributed by atoms with Crippen molar-refractivity contribution in [3.05, 3.63) is 100 Å². The zero-order valence-electron chi connectivity index (χ0n) is 18.7. The van der Waals surface area contributed by atoms with Gasteiger partial charge in [-0.25, -0.2) is 0 Å². The zero-order valence-corrected chi connectivity index (χ0v) is 19.5. The fourth-order valence-electron chi connectivity index (χ4n) is 3.78. The molecule has 0 bridgehead atoms. The Labute approximate surface area is 207 Å². The third kappa shape index (κ3) is 5.98. The molecule has 10 heteroatoms. The van der Waals surface area contributed by atoms with Crippen molar-refractivity contribution in [3.8, 4) is 0 Å². The Kier molecular flexibility index (Phi) is 7.32. The molecule has 35 heavy (non-hydrogen) atoms. The minimum atomic E-state index is -0.560. The molecule has 1 fully saturated rings. The number of hydrogen-bond donors (Lipinski definition) is 2. The number of nitrogens with zero attached hydrogens (tertiary/aromatic N) is 3. The van der Waals surface area contributed by atoms with Gasteiger partial charge in [-0.15, -0.1) is 0 Å². The molecule has 0 aliphatic carbocycles. The maximum atomic E-state index is 12.6. The van der Waals surface area contributed by atoms with E-state index in [1.807, 2.05) is 59.5 Å². The highest BCUT2D eigenvalue weighted by molar-refractivity contribution is 7.80. The number of carbonyl (C=O) groups excluding carboxylic acids is 2. The Morgan fingerprint density at radius 2 is 1.51 bits per heavy atom. The van der Waals surface area contributed by atoms with Gasteiger partial charge < -0.3 is 15.1 Å². The molecule has 2 N–H and O–H groups in total. The number of rotatable bonds is 5. The number of nitrogens with one attached hydrogen (secondary N) is 2. The van der Waals surface area contributed by atoms with E-state index < -0.39 is 10.8 Å². The average Bonchev–Trinajstić information content (AvgIpc) is 2.89. The Morgan fingerprint density at radius 3 is 2.17 bits per heavy atom. The second kappa shape index (κ2) is 10.7. The Balaban J connectivity index is 1.29. The molecule has 1 saturated heterocycles. The van der Waals surface area contributed by atoms with Crippen molar-refractivity contribution in [3.63, 3.8) is 0 Å². The molecule has 9 nitrogen and oxygen atoms in total. The number of anilines is 2. The number of nitro groups is 1. The van der Waals surface area contributed by atoms with Crippen LogP contribution in [0.5, 0.6) is 0 Å². The lowest BCUT2D eigenvalue weighted by Crippen LogP contribution is -2.48. The van der Waals surface area contributed by atoms with E-state index in [1.54, 1.807) is 0 Å². The summed E-state index contributed by atoms with van der Waals surface area (Å²) in [6, 6.07) is 22.3. The number of thiocarbonyl (C=S) groups is 1. The summed E-state index contributed by atoms with van der Waals surface area (Å²) in [5, 5.41) is 16.5. The van der Waals surface area contributed by atoms with Gasteiger partial charge in [0, 0.05) is 60.8 Å². The van der Waals surface area contributed by atoms with Gasteiger partial charge in [0.1, 0.15) is 0 Å². The van der Waals surface area contributed by atoms with Crippen LogP contribution < -0.4 is 15.5 Å². The molecule has 1 aliphatic heterocycles. The number of hydrogen-bond acceptors (Lipinski definition) is 6. The molecular weight excluding hydrogens is 466 g/mol. The first kappa shape index (κ1) is 23.8. The van der Waals surface area contributed by atoms with Crippen LogP contribution in [0.25, 0.3) is 0 Å². The lowest BCUT2D eigenvalue weighted by molar-refractivity contribution is -0.384. The minimum absolute atomic E-state index is 0.0467. The smallest absolute Gasteiger partial charge is 0.270 e. The van der Waals surface area contributed by atoms with Crippen LogP contribution in [0.1, 0.15) is 20.7 Å². The molecule has 1 heterocycles. The van der Waals surface area contributed by atoms with E-state index in [0.29, 0.717) is 24.3 Å². The summed E-state index contributed by atoms with van der Waals surface area (Å²) in [6.45, 7) is 2.73. The number of nitro benzene ring substituents is 1. The molecular formula is C25H23N5O4S. The quantitative estimate of drug-likeness (QED) is 0.320. The average molecular weight is 490 g/mol. The van der Waals surface area contributed by atoms with Crippen molar-refractivity contribution in [2.45, 2.75) is 0 Å². The molecule has 0 atom stereocenters. The highest BCUT2D eigenvalue weighted by atomic mass is 32.1. The van der Waals surface area contributed by atoms with Gasteiger partial charge in [-0.1, -0.05) is 24.3 Å². The van der Waals surface area contributed by atoms with E-state index in [1.165, 1.54) is 24.3 Å². The summed E-state index contributed by atoms with van der Waals surface area (Å²) in [4.78, 5) is 39.4. The van der Waals surface area contributed by atoms with Crippen LogP contribution in [0.3, 0.4) is 0 Å². The minimum Gasteiger partial charge on any atom is -0.368 e.